The van der Waals surface area contributed by atoms with Crippen LogP contribution in [0.2, 0.25) is 0 Å². The average Bonchev–Trinajstić information content (AvgIpc) is 3.10. The summed E-state index contributed by atoms with van der Waals surface area (Å²) < 4.78 is 6.02. The maximum Gasteiger partial charge on any atom is 0.322 e. The van der Waals surface area contributed by atoms with Crippen LogP contribution in [0.4, 0.5) is 0 Å². The fourth-order valence-electron chi connectivity index (χ4n) is 6.24. The summed E-state index contributed by atoms with van der Waals surface area (Å²) in [5.41, 5.74) is 0. The van der Waals surface area contributed by atoms with E-state index in [4.69, 9.17) is 9.84 Å². The van der Waals surface area contributed by atoms with Crippen molar-refractivity contribution in [3.8, 4) is 0 Å². The molecule has 0 spiro atoms. The molecule has 0 aliphatic heterocycles. The van der Waals surface area contributed by atoms with Gasteiger partial charge in [-0.15, -0.1) is 0 Å². The molecule has 0 aromatic carbocycles. The van der Waals surface area contributed by atoms with Gasteiger partial charge in [0.15, 0.2) is 0 Å². The third-order valence-electron chi connectivity index (χ3n) is 9.33. The number of carboxylic acids is 1. The molecule has 0 rings (SSSR count). The first-order valence-corrected chi connectivity index (χ1v) is 21.1. The molecule has 0 bridgehead atoms. The summed E-state index contributed by atoms with van der Waals surface area (Å²) in [5.74, 6) is -1.24. The maximum atomic E-state index is 12.7. The smallest absolute Gasteiger partial charge is 0.322 e. The van der Waals surface area contributed by atoms with Gasteiger partial charge in [0.1, 0.15) is 12.6 Å². The third-order valence-corrected chi connectivity index (χ3v) is 9.33. The van der Waals surface area contributed by atoms with Gasteiger partial charge in [-0.25, -0.2) is 0 Å². The molecule has 0 aromatic heterocycles. The number of carbonyl (C=O) groups excluding carboxylic acids is 2. The van der Waals surface area contributed by atoms with Crippen LogP contribution in [0.5, 0.6) is 0 Å². The van der Waals surface area contributed by atoms with Crippen molar-refractivity contribution < 1.29 is 24.2 Å². The predicted molar refractivity (Wildman–Crippen MR) is 212 cm³/mol. The van der Waals surface area contributed by atoms with Crippen LogP contribution in [0.25, 0.3) is 0 Å². The molecule has 0 saturated heterocycles. The summed E-state index contributed by atoms with van der Waals surface area (Å²) in [7, 11) is 0. The van der Waals surface area contributed by atoms with Crippen molar-refractivity contribution in [2.45, 2.75) is 219 Å². The molecular formula is C44H79NO5. The molecule has 2 N–H and O–H groups in total. The van der Waals surface area contributed by atoms with E-state index in [1.54, 1.807) is 0 Å². The van der Waals surface area contributed by atoms with E-state index in [-0.39, 0.29) is 24.5 Å². The molecule has 290 valence electrons. The Kier molecular flexibility index (Phi) is 37.5. The molecule has 1 atom stereocenters. The second kappa shape index (κ2) is 39.4. The first-order chi connectivity index (χ1) is 24.5. The molecule has 6 heteroatoms. The van der Waals surface area contributed by atoms with Gasteiger partial charge in [0.2, 0.25) is 5.91 Å². The van der Waals surface area contributed by atoms with Crippen LogP contribution < -0.4 is 5.32 Å². The molecule has 0 heterocycles. The fourth-order valence-corrected chi connectivity index (χ4v) is 6.24. The molecule has 0 aromatic rings. The van der Waals surface area contributed by atoms with Crippen LogP contribution >= 0.6 is 0 Å². The standard InChI is InChI=1S/C44H79NO5/c1-3-5-7-9-11-13-15-17-18-20-22-24-26-31-35-39-44(49)50-41(37-33-29-27-30-34-38-42(46)45-40-43(47)48)36-32-28-25-23-21-19-16-14-12-10-8-6-4-2/h5,7,11,13,17-18,41H,3-4,6,8-10,12,14-16,19-40H2,1-2H3,(H,45,46)(H,47,48)/b7-5-,13-11-,18-17-. The zero-order valence-electron chi connectivity index (χ0n) is 32.7. The highest BCUT2D eigenvalue weighted by Gasteiger charge is 2.14. The van der Waals surface area contributed by atoms with Crippen molar-refractivity contribution >= 4 is 17.8 Å². The Bertz CT molecular complexity index is 864. The van der Waals surface area contributed by atoms with Crippen molar-refractivity contribution in [3.05, 3.63) is 36.5 Å². The van der Waals surface area contributed by atoms with Crippen molar-refractivity contribution in [2.24, 2.45) is 0 Å². The maximum absolute atomic E-state index is 12.7. The van der Waals surface area contributed by atoms with Crippen LogP contribution in [-0.2, 0) is 19.1 Å². The van der Waals surface area contributed by atoms with E-state index in [0.29, 0.717) is 12.8 Å². The molecule has 50 heavy (non-hydrogen) atoms. The summed E-state index contributed by atoms with van der Waals surface area (Å²) in [6, 6.07) is 0. The van der Waals surface area contributed by atoms with E-state index in [2.05, 4.69) is 55.6 Å². The van der Waals surface area contributed by atoms with Crippen molar-refractivity contribution in [1.29, 1.82) is 0 Å². The van der Waals surface area contributed by atoms with E-state index in [1.165, 1.54) is 96.3 Å². The van der Waals surface area contributed by atoms with Crippen LogP contribution in [-0.4, -0.2) is 35.6 Å². The summed E-state index contributed by atoms with van der Waals surface area (Å²) in [5, 5.41) is 11.1. The average molecular weight is 702 g/mol. The lowest BCUT2D eigenvalue weighted by Gasteiger charge is -2.18. The van der Waals surface area contributed by atoms with E-state index >= 15 is 0 Å². The molecule has 1 unspecified atom stereocenters. The summed E-state index contributed by atoms with van der Waals surface area (Å²) >= 11 is 0. The quantitative estimate of drug-likeness (QED) is 0.0380. The number of aliphatic carboxylic acids is 1. The molecule has 1 amide bonds. The summed E-state index contributed by atoms with van der Waals surface area (Å²) in [6.07, 6.45) is 48.3. The van der Waals surface area contributed by atoms with Gasteiger partial charge >= 0.3 is 11.9 Å². The second-order valence-corrected chi connectivity index (χ2v) is 14.2. The number of amides is 1. The minimum atomic E-state index is -1.02. The highest BCUT2D eigenvalue weighted by molar-refractivity contribution is 5.80. The number of esters is 1. The van der Waals surface area contributed by atoms with E-state index < -0.39 is 5.97 Å². The highest BCUT2D eigenvalue weighted by Crippen LogP contribution is 2.19. The number of hydrogen-bond donors (Lipinski definition) is 2. The van der Waals surface area contributed by atoms with E-state index in [9.17, 15) is 14.4 Å². The van der Waals surface area contributed by atoms with Crippen molar-refractivity contribution in [3.63, 3.8) is 0 Å². The monoisotopic (exact) mass is 702 g/mol. The normalized spacial score (nSPS) is 12.4. The van der Waals surface area contributed by atoms with Gasteiger partial charge in [-0.2, -0.15) is 0 Å². The number of allylic oxidation sites excluding steroid dienone is 6. The second-order valence-electron chi connectivity index (χ2n) is 14.2. The van der Waals surface area contributed by atoms with Gasteiger partial charge in [-0.05, 0) is 70.6 Å². The fraction of sp³-hybridized carbons (Fsp3) is 0.795. The zero-order chi connectivity index (χ0) is 36.6. The largest absolute Gasteiger partial charge is 0.480 e. The molecular weight excluding hydrogens is 622 g/mol. The molecule has 0 aliphatic rings. The number of rotatable bonds is 38. The first-order valence-electron chi connectivity index (χ1n) is 21.1. The van der Waals surface area contributed by atoms with Gasteiger partial charge in [-0.3, -0.25) is 14.4 Å². The molecule has 0 aliphatic carbocycles. The van der Waals surface area contributed by atoms with Crippen molar-refractivity contribution in [2.75, 3.05) is 6.54 Å². The summed E-state index contributed by atoms with van der Waals surface area (Å²) in [6.45, 7) is 4.12. The number of carboxylic acid groups (broad SMARTS) is 1. The Balaban J connectivity index is 4.20. The lowest BCUT2D eigenvalue weighted by atomic mass is 10.0. The SMILES string of the molecule is CC/C=C\C/C=C\C/C=C\CCCCCCCC(=O)OC(CCCCCCCCCCCCCCC)CCCCCCCC(=O)NCC(=O)O. The van der Waals surface area contributed by atoms with Crippen molar-refractivity contribution in [1.82, 2.24) is 5.32 Å². The number of hydrogen-bond acceptors (Lipinski definition) is 4. The first kappa shape index (κ1) is 47.6. The van der Waals surface area contributed by atoms with Gasteiger partial charge in [0, 0.05) is 12.8 Å². The topological polar surface area (TPSA) is 92.7 Å². The third kappa shape index (κ3) is 38.4. The van der Waals surface area contributed by atoms with Crippen LogP contribution in [0.15, 0.2) is 36.5 Å². The van der Waals surface area contributed by atoms with E-state index in [0.717, 1.165) is 89.9 Å². The molecule has 0 radical (unpaired) electrons. The Morgan fingerprint density at radius 1 is 0.540 bits per heavy atom. The minimum Gasteiger partial charge on any atom is -0.480 e. The van der Waals surface area contributed by atoms with E-state index in [1.807, 2.05) is 0 Å². The van der Waals surface area contributed by atoms with Gasteiger partial charge in [-0.1, -0.05) is 166 Å². The number of unbranched alkanes of at least 4 members (excludes halogenated alkanes) is 21. The Morgan fingerprint density at radius 2 is 0.980 bits per heavy atom. The van der Waals surface area contributed by atoms with Gasteiger partial charge in [0.05, 0.1) is 0 Å². The summed E-state index contributed by atoms with van der Waals surface area (Å²) in [4.78, 5) is 35.0. The lowest BCUT2D eigenvalue weighted by molar-refractivity contribution is -0.150. The Morgan fingerprint density at radius 3 is 1.50 bits per heavy atom. The van der Waals surface area contributed by atoms with Crippen LogP contribution in [0, 0.1) is 0 Å². The predicted octanol–water partition coefficient (Wildman–Crippen LogP) is 12.9. The van der Waals surface area contributed by atoms with Gasteiger partial charge < -0.3 is 15.2 Å². The molecule has 0 fully saturated rings. The minimum absolute atomic E-state index is 0.0199. The molecule has 0 saturated carbocycles. The lowest BCUT2D eigenvalue weighted by Crippen LogP contribution is -2.28. The van der Waals surface area contributed by atoms with Crippen LogP contribution in [0.1, 0.15) is 213 Å². The number of ether oxygens (including phenoxy) is 1. The Hall–Kier alpha value is -2.37. The Labute approximate surface area is 308 Å². The number of nitrogens with one attached hydrogen (secondary N) is 1. The van der Waals surface area contributed by atoms with Gasteiger partial charge in [0.25, 0.3) is 0 Å². The zero-order valence-corrected chi connectivity index (χ0v) is 32.7. The van der Waals surface area contributed by atoms with Crippen LogP contribution in [0.3, 0.4) is 0 Å². The molecule has 6 nitrogen and oxygen atoms in total. The number of carbonyl (C=O) groups is 3. The highest BCUT2D eigenvalue weighted by atomic mass is 16.5.